The molecule has 1 unspecified atom stereocenters. The van der Waals surface area contributed by atoms with Gasteiger partial charge in [0.2, 0.25) is 0 Å². The first-order valence-electron chi connectivity index (χ1n) is 6.73. The van der Waals surface area contributed by atoms with E-state index in [2.05, 4.69) is 30.3 Å². The highest BCUT2D eigenvalue weighted by Crippen LogP contribution is 2.31. The number of hydrogen-bond acceptors (Lipinski definition) is 6. The van der Waals surface area contributed by atoms with Crippen LogP contribution in [0.4, 0.5) is 0 Å². The smallest absolute Gasteiger partial charge is 0.326 e. The molecule has 0 heterocycles. The zero-order chi connectivity index (χ0) is 19.0. The van der Waals surface area contributed by atoms with E-state index in [0.717, 1.165) is 12.8 Å². The maximum Gasteiger partial charge on any atom is 0.394 e. The Morgan fingerprint density at radius 3 is 1.58 bits per heavy atom. The Morgan fingerprint density at radius 2 is 1.21 bits per heavy atom. The number of rotatable bonds is 1. The van der Waals surface area contributed by atoms with Gasteiger partial charge in [-0.3, -0.25) is 18.2 Å². The fourth-order valence-corrected chi connectivity index (χ4v) is 2.26. The number of nitrogens with two attached hydrogens (primary N) is 2. The van der Waals surface area contributed by atoms with Gasteiger partial charge in [-0.1, -0.05) is 30.3 Å². The third-order valence-electron chi connectivity index (χ3n) is 3.23. The van der Waals surface area contributed by atoms with Gasteiger partial charge in [-0.25, -0.2) is 0 Å². The highest BCUT2D eigenvalue weighted by Gasteiger charge is 2.25. The third kappa shape index (κ3) is 14.5. The molecule has 12 heteroatoms. The minimum atomic E-state index is -4.67. The predicted molar refractivity (Wildman–Crippen MR) is 87.3 cm³/mol. The largest absolute Gasteiger partial charge is 0.394 e. The molecule has 2 rings (SSSR count). The first-order chi connectivity index (χ1) is 10.8. The van der Waals surface area contributed by atoms with Crippen molar-refractivity contribution in [2.75, 3.05) is 0 Å². The van der Waals surface area contributed by atoms with Gasteiger partial charge in [0.15, 0.2) is 0 Å². The second kappa shape index (κ2) is 10.0. The minimum absolute atomic E-state index is 0.175. The Kier molecular flexibility index (Phi) is 9.54. The Bertz CT molecular complexity index is 632. The van der Waals surface area contributed by atoms with Crippen LogP contribution in [0.15, 0.2) is 30.3 Å². The standard InChI is InChI=1S/C12H18N2.2H2O4S/c13-11-7-6-10(8-12(11)14)9-4-2-1-3-5-9;2*1-5(2,3)4/h1-5,10-12H,6-8,13-14H2;2*(H2,1,2,3,4)/t10?,11-,12-;;/m1../s1. The molecule has 0 bridgehead atoms. The maximum absolute atomic E-state index is 8.74. The average molecular weight is 386 g/mol. The van der Waals surface area contributed by atoms with Crippen LogP contribution in [-0.2, 0) is 20.8 Å². The van der Waals surface area contributed by atoms with E-state index in [-0.39, 0.29) is 12.1 Å². The Hall–Kier alpha value is -1.12. The molecular weight excluding hydrogens is 364 g/mol. The Labute approximate surface area is 141 Å². The molecule has 0 saturated heterocycles. The van der Waals surface area contributed by atoms with Crippen LogP contribution in [0.3, 0.4) is 0 Å². The first-order valence-corrected chi connectivity index (χ1v) is 9.52. The normalized spacial score (nSPS) is 24.0. The molecular formula is C12H22N2O8S2. The maximum atomic E-state index is 8.74. The highest BCUT2D eigenvalue weighted by molar-refractivity contribution is 7.80. The van der Waals surface area contributed by atoms with Gasteiger partial charge in [0, 0.05) is 12.1 Å². The molecule has 1 aliphatic rings. The second-order valence-electron chi connectivity index (χ2n) is 5.14. The third-order valence-corrected chi connectivity index (χ3v) is 3.23. The molecule has 0 radical (unpaired) electrons. The first kappa shape index (κ1) is 22.9. The monoisotopic (exact) mass is 386 g/mol. The summed E-state index contributed by atoms with van der Waals surface area (Å²) in [7, 11) is -9.33. The molecule has 8 N–H and O–H groups in total. The van der Waals surface area contributed by atoms with Crippen LogP contribution in [0.5, 0.6) is 0 Å². The van der Waals surface area contributed by atoms with Crippen molar-refractivity contribution >= 4 is 20.8 Å². The lowest BCUT2D eigenvalue weighted by Gasteiger charge is -2.31. The zero-order valence-electron chi connectivity index (χ0n) is 12.6. The van der Waals surface area contributed by atoms with Crippen molar-refractivity contribution in [3.05, 3.63) is 35.9 Å². The summed E-state index contributed by atoms with van der Waals surface area (Å²) in [5.74, 6) is 0.617. The fraction of sp³-hybridized carbons (Fsp3) is 0.500. The molecule has 24 heavy (non-hydrogen) atoms. The molecule has 1 aromatic carbocycles. The van der Waals surface area contributed by atoms with E-state index < -0.39 is 20.8 Å². The summed E-state index contributed by atoms with van der Waals surface area (Å²) < 4.78 is 63.2. The summed E-state index contributed by atoms with van der Waals surface area (Å²) in [5, 5.41) is 0. The lowest BCUT2D eigenvalue weighted by Crippen LogP contribution is -2.45. The van der Waals surface area contributed by atoms with Crippen molar-refractivity contribution in [3.8, 4) is 0 Å². The van der Waals surface area contributed by atoms with Gasteiger partial charge in [0.05, 0.1) is 0 Å². The summed E-state index contributed by atoms with van der Waals surface area (Å²) >= 11 is 0. The van der Waals surface area contributed by atoms with Crippen LogP contribution in [0.2, 0.25) is 0 Å². The van der Waals surface area contributed by atoms with E-state index in [0.29, 0.717) is 5.92 Å². The summed E-state index contributed by atoms with van der Waals surface area (Å²) in [6.45, 7) is 0. The second-order valence-corrected chi connectivity index (χ2v) is 6.94. The molecule has 0 aliphatic heterocycles. The molecule has 1 aromatic rings. The number of hydrogen-bond donors (Lipinski definition) is 6. The zero-order valence-corrected chi connectivity index (χ0v) is 14.3. The molecule has 0 amide bonds. The van der Waals surface area contributed by atoms with Crippen molar-refractivity contribution in [2.45, 2.75) is 37.3 Å². The lowest BCUT2D eigenvalue weighted by molar-refractivity contribution is 0.347. The molecule has 1 fully saturated rings. The molecule has 1 aliphatic carbocycles. The van der Waals surface area contributed by atoms with Crippen LogP contribution in [0.1, 0.15) is 30.7 Å². The van der Waals surface area contributed by atoms with E-state index in [9.17, 15) is 0 Å². The molecule has 140 valence electrons. The van der Waals surface area contributed by atoms with Crippen LogP contribution in [0.25, 0.3) is 0 Å². The fourth-order valence-electron chi connectivity index (χ4n) is 2.26. The quantitative estimate of drug-likeness (QED) is 0.364. The topological polar surface area (TPSA) is 201 Å². The van der Waals surface area contributed by atoms with Gasteiger partial charge in [-0.2, -0.15) is 16.8 Å². The SMILES string of the molecule is N[C@@H]1CCC(c2ccccc2)C[C@H]1N.O=S(=O)(O)O.O=S(=O)(O)O. The van der Waals surface area contributed by atoms with Crippen molar-refractivity contribution in [2.24, 2.45) is 11.5 Å². The molecule has 0 aromatic heterocycles. The van der Waals surface area contributed by atoms with Crippen LogP contribution in [-0.4, -0.2) is 47.1 Å². The van der Waals surface area contributed by atoms with E-state index in [1.165, 1.54) is 12.0 Å². The van der Waals surface area contributed by atoms with Crippen molar-refractivity contribution < 1.29 is 35.0 Å². The van der Waals surface area contributed by atoms with Gasteiger partial charge in [-0.05, 0) is 30.7 Å². The van der Waals surface area contributed by atoms with Crippen molar-refractivity contribution in [1.82, 2.24) is 0 Å². The van der Waals surface area contributed by atoms with Crippen LogP contribution >= 0.6 is 0 Å². The van der Waals surface area contributed by atoms with E-state index in [4.69, 9.17) is 46.5 Å². The van der Waals surface area contributed by atoms with E-state index in [1.807, 2.05) is 0 Å². The lowest BCUT2D eigenvalue weighted by atomic mass is 9.79. The van der Waals surface area contributed by atoms with Crippen molar-refractivity contribution in [3.63, 3.8) is 0 Å². The molecule has 3 atom stereocenters. The predicted octanol–water partition coefficient (Wildman–Crippen LogP) is 0.303. The summed E-state index contributed by atoms with van der Waals surface area (Å²) in [5.41, 5.74) is 13.3. The highest BCUT2D eigenvalue weighted by atomic mass is 32.3. The molecule has 0 spiro atoms. The van der Waals surface area contributed by atoms with Gasteiger partial charge in [0.1, 0.15) is 0 Å². The average Bonchev–Trinajstić information content (AvgIpc) is 2.39. The summed E-state index contributed by atoms with van der Waals surface area (Å²) in [6, 6.07) is 11.0. The van der Waals surface area contributed by atoms with Gasteiger partial charge in [0.25, 0.3) is 0 Å². The minimum Gasteiger partial charge on any atom is -0.326 e. The summed E-state index contributed by atoms with van der Waals surface area (Å²) in [4.78, 5) is 0. The van der Waals surface area contributed by atoms with Crippen molar-refractivity contribution in [1.29, 1.82) is 0 Å². The Morgan fingerprint density at radius 1 is 0.792 bits per heavy atom. The number of benzene rings is 1. The van der Waals surface area contributed by atoms with E-state index >= 15 is 0 Å². The van der Waals surface area contributed by atoms with Gasteiger partial charge >= 0.3 is 20.8 Å². The Balaban J connectivity index is 0.000000442. The molecule has 1 saturated carbocycles. The molecule has 10 nitrogen and oxygen atoms in total. The van der Waals surface area contributed by atoms with Crippen LogP contribution in [0, 0.1) is 0 Å². The van der Waals surface area contributed by atoms with Crippen LogP contribution < -0.4 is 11.5 Å². The van der Waals surface area contributed by atoms with Gasteiger partial charge < -0.3 is 11.5 Å². The van der Waals surface area contributed by atoms with E-state index in [1.54, 1.807) is 0 Å². The van der Waals surface area contributed by atoms with Gasteiger partial charge in [-0.15, -0.1) is 0 Å². The summed E-state index contributed by atoms with van der Waals surface area (Å²) in [6.07, 6.45) is 3.27.